The second-order valence-corrected chi connectivity index (χ2v) is 11.1. The number of carbonyl (C=O) groups is 4. The van der Waals surface area contributed by atoms with Gasteiger partial charge in [0.2, 0.25) is 11.8 Å². The number of nitrogens with zero attached hydrogens (tertiary/aromatic N) is 2. The molecule has 3 aliphatic heterocycles. The summed E-state index contributed by atoms with van der Waals surface area (Å²) in [6.07, 6.45) is 1.04. The number of amides is 4. The van der Waals surface area contributed by atoms with E-state index in [0.29, 0.717) is 44.6 Å². The number of piperidine rings is 2. The number of aliphatic hydroxyl groups is 1. The third-order valence-corrected chi connectivity index (χ3v) is 8.31. The Hall–Kier alpha value is -4.41. The van der Waals surface area contributed by atoms with Gasteiger partial charge in [0.25, 0.3) is 11.8 Å². The number of benzene rings is 3. The zero-order valence-corrected chi connectivity index (χ0v) is 22.8. The van der Waals surface area contributed by atoms with Gasteiger partial charge < -0.3 is 9.84 Å². The number of imide groups is 2. The molecular weight excluding hydrogens is 541 g/mol. The molecule has 6 rings (SSSR count). The number of rotatable bonds is 7. The zero-order valence-electron chi connectivity index (χ0n) is 22.8. The Morgan fingerprint density at radius 1 is 0.881 bits per heavy atom. The summed E-state index contributed by atoms with van der Waals surface area (Å²) < 4.78 is 18.9. The molecule has 42 heavy (non-hydrogen) atoms. The van der Waals surface area contributed by atoms with Crippen molar-refractivity contribution >= 4 is 23.6 Å². The minimum Gasteiger partial charge on any atom is -0.489 e. The lowest BCUT2D eigenvalue weighted by Crippen LogP contribution is -2.54. The van der Waals surface area contributed by atoms with E-state index in [2.05, 4.69) is 10.2 Å². The first-order valence-electron chi connectivity index (χ1n) is 14.0. The Labute approximate surface area is 241 Å². The first-order valence-corrected chi connectivity index (χ1v) is 14.0. The summed E-state index contributed by atoms with van der Waals surface area (Å²) in [7, 11) is 0. The van der Waals surface area contributed by atoms with Gasteiger partial charge in [-0.2, -0.15) is 0 Å². The van der Waals surface area contributed by atoms with Crippen molar-refractivity contribution in [3.05, 3.63) is 100 Å². The molecule has 4 amide bonds. The quantitative estimate of drug-likeness (QED) is 0.418. The summed E-state index contributed by atoms with van der Waals surface area (Å²) in [6, 6.07) is 17.8. The van der Waals surface area contributed by atoms with E-state index in [1.807, 2.05) is 24.3 Å². The monoisotopic (exact) mass is 571 g/mol. The van der Waals surface area contributed by atoms with Gasteiger partial charge in [0.15, 0.2) is 0 Å². The largest absolute Gasteiger partial charge is 0.489 e. The fourth-order valence-electron chi connectivity index (χ4n) is 5.83. The molecule has 0 radical (unpaired) electrons. The third-order valence-electron chi connectivity index (χ3n) is 8.31. The Morgan fingerprint density at radius 3 is 2.24 bits per heavy atom. The summed E-state index contributed by atoms with van der Waals surface area (Å²) in [6.45, 7) is 2.31. The van der Waals surface area contributed by atoms with Gasteiger partial charge >= 0.3 is 0 Å². The van der Waals surface area contributed by atoms with Crippen LogP contribution in [0, 0.1) is 5.82 Å². The second kappa shape index (κ2) is 11.1. The van der Waals surface area contributed by atoms with Crippen LogP contribution in [0.4, 0.5) is 4.39 Å². The first kappa shape index (κ1) is 27.7. The molecule has 216 valence electrons. The van der Waals surface area contributed by atoms with Crippen molar-refractivity contribution in [2.24, 2.45) is 0 Å². The number of hydrogen-bond donors (Lipinski definition) is 2. The molecule has 3 aromatic carbocycles. The maximum atomic E-state index is 13.2. The van der Waals surface area contributed by atoms with Crippen LogP contribution in [-0.2, 0) is 28.3 Å². The van der Waals surface area contributed by atoms with Crippen molar-refractivity contribution in [2.45, 2.75) is 50.5 Å². The van der Waals surface area contributed by atoms with E-state index in [1.54, 1.807) is 30.3 Å². The average Bonchev–Trinajstić information content (AvgIpc) is 3.23. The molecule has 0 aliphatic carbocycles. The van der Waals surface area contributed by atoms with Gasteiger partial charge in [0.05, 0.1) is 16.7 Å². The number of fused-ring (bicyclic) bond motifs is 1. The Bertz CT molecular complexity index is 1550. The van der Waals surface area contributed by atoms with Crippen LogP contribution in [0.15, 0.2) is 66.7 Å². The molecule has 0 aromatic heterocycles. The Kier molecular flexibility index (Phi) is 7.34. The van der Waals surface area contributed by atoms with Crippen LogP contribution in [0.1, 0.15) is 63.1 Å². The predicted octanol–water partition coefficient (Wildman–Crippen LogP) is 3.29. The first-order chi connectivity index (χ1) is 20.2. The topological polar surface area (TPSA) is 116 Å². The number of carbonyl (C=O) groups excluding carboxylic acids is 4. The van der Waals surface area contributed by atoms with Crippen LogP contribution >= 0.6 is 0 Å². The van der Waals surface area contributed by atoms with Crippen LogP contribution in [0.5, 0.6) is 5.75 Å². The molecule has 10 heteroatoms. The fraction of sp³-hybridized carbons (Fsp3) is 0.312. The Balaban J connectivity index is 1.06. The number of halogens is 1. The predicted molar refractivity (Wildman–Crippen MR) is 149 cm³/mol. The van der Waals surface area contributed by atoms with E-state index in [4.69, 9.17) is 4.74 Å². The van der Waals surface area contributed by atoms with Crippen LogP contribution < -0.4 is 10.1 Å². The molecule has 2 fully saturated rings. The second-order valence-electron chi connectivity index (χ2n) is 11.1. The third kappa shape index (κ3) is 5.43. The lowest BCUT2D eigenvalue weighted by atomic mass is 9.83. The molecule has 1 unspecified atom stereocenters. The van der Waals surface area contributed by atoms with Crippen molar-refractivity contribution in [3.63, 3.8) is 0 Å². The molecule has 3 aromatic rings. The van der Waals surface area contributed by atoms with E-state index in [9.17, 15) is 28.7 Å². The normalized spacial score (nSPS) is 20.4. The molecule has 3 aliphatic rings. The summed E-state index contributed by atoms with van der Waals surface area (Å²) >= 11 is 0. The van der Waals surface area contributed by atoms with Crippen molar-refractivity contribution in [1.82, 2.24) is 15.1 Å². The average molecular weight is 572 g/mol. The van der Waals surface area contributed by atoms with Gasteiger partial charge in [-0.15, -0.1) is 0 Å². The summed E-state index contributed by atoms with van der Waals surface area (Å²) in [5.74, 6) is -1.79. The minimum atomic E-state index is -1.16. The van der Waals surface area contributed by atoms with Gasteiger partial charge in [-0.05, 0) is 72.4 Å². The zero-order chi connectivity index (χ0) is 29.4. The molecule has 0 saturated carbocycles. The highest BCUT2D eigenvalue weighted by Gasteiger charge is 2.45. The highest BCUT2D eigenvalue weighted by atomic mass is 19.1. The molecule has 2 N–H and O–H groups in total. The van der Waals surface area contributed by atoms with Crippen LogP contribution in [0.2, 0.25) is 0 Å². The van der Waals surface area contributed by atoms with Gasteiger partial charge in [0, 0.05) is 26.1 Å². The minimum absolute atomic E-state index is 0.0563. The van der Waals surface area contributed by atoms with Gasteiger partial charge in [0.1, 0.15) is 24.2 Å². The standard InChI is InChI=1S/C32H30FN3O6/c33-23-6-1-21(2-7-23)19-42-24-8-3-20(4-9-24)18-35-15-13-32(41,14-16-35)22-5-10-25-26(17-22)31(40)36(30(25)39)27-11-12-28(37)34-29(27)38/h1-10,17,27,41H,11-16,18-19H2,(H,34,37,38). The van der Waals surface area contributed by atoms with E-state index in [-0.39, 0.29) is 29.8 Å². The number of hydrogen-bond acceptors (Lipinski definition) is 7. The van der Waals surface area contributed by atoms with E-state index in [1.165, 1.54) is 12.1 Å². The van der Waals surface area contributed by atoms with E-state index < -0.39 is 35.3 Å². The van der Waals surface area contributed by atoms with Gasteiger partial charge in [-0.25, -0.2) is 4.39 Å². The van der Waals surface area contributed by atoms with Crippen molar-refractivity contribution in [2.75, 3.05) is 13.1 Å². The molecule has 9 nitrogen and oxygen atoms in total. The van der Waals surface area contributed by atoms with Crippen molar-refractivity contribution < 1.29 is 33.4 Å². The summed E-state index contributed by atoms with van der Waals surface area (Å²) in [4.78, 5) is 53.2. The smallest absolute Gasteiger partial charge is 0.262 e. The highest BCUT2D eigenvalue weighted by Crippen LogP contribution is 2.37. The molecule has 0 spiro atoms. The Morgan fingerprint density at radius 2 is 1.55 bits per heavy atom. The van der Waals surface area contributed by atoms with E-state index in [0.717, 1.165) is 21.8 Å². The van der Waals surface area contributed by atoms with Crippen LogP contribution in [-0.4, -0.2) is 57.7 Å². The molecule has 1 atom stereocenters. The number of nitrogens with one attached hydrogen (secondary N) is 1. The molecule has 0 bridgehead atoms. The SMILES string of the molecule is O=C1CCC(N2C(=O)c3ccc(C4(O)CCN(Cc5ccc(OCc6ccc(F)cc6)cc5)CC4)cc3C2=O)C(=O)N1. The maximum Gasteiger partial charge on any atom is 0.262 e. The van der Waals surface area contributed by atoms with Crippen LogP contribution in [0.25, 0.3) is 0 Å². The fourth-order valence-corrected chi connectivity index (χ4v) is 5.83. The van der Waals surface area contributed by atoms with Crippen LogP contribution in [0.3, 0.4) is 0 Å². The van der Waals surface area contributed by atoms with Gasteiger partial charge in [-0.1, -0.05) is 30.3 Å². The van der Waals surface area contributed by atoms with E-state index >= 15 is 0 Å². The highest BCUT2D eigenvalue weighted by molar-refractivity contribution is 6.23. The molecular formula is C32H30FN3O6. The summed E-state index contributed by atoms with van der Waals surface area (Å²) in [5, 5.41) is 13.7. The number of ether oxygens (including phenoxy) is 1. The lowest BCUT2D eigenvalue weighted by molar-refractivity contribution is -0.136. The van der Waals surface area contributed by atoms with Crippen molar-refractivity contribution in [3.8, 4) is 5.75 Å². The maximum absolute atomic E-state index is 13.2. The molecule has 2 saturated heterocycles. The summed E-state index contributed by atoms with van der Waals surface area (Å²) in [5.41, 5.74) is 1.75. The van der Waals surface area contributed by atoms with Gasteiger partial charge in [-0.3, -0.25) is 34.3 Å². The van der Waals surface area contributed by atoms with Crippen molar-refractivity contribution in [1.29, 1.82) is 0 Å². The lowest BCUT2D eigenvalue weighted by Gasteiger charge is -2.38. The molecule has 3 heterocycles. The number of likely N-dealkylation sites (tertiary alicyclic amines) is 1.